The van der Waals surface area contributed by atoms with Crippen molar-refractivity contribution in [2.75, 3.05) is 26.2 Å². The first-order chi connectivity index (χ1) is 13.1. The van der Waals surface area contributed by atoms with Crippen molar-refractivity contribution < 1.29 is 18.7 Å². The van der Waals surface area contributed by atoms with Crippen LogP contribution in [0, 0.1) is 12.8 Å². The number of aryl methyl sites for hydroxylation is 1. The molecule has 8 heteroatoms. The second kappa shape index (κ2) is 7.11. The van der Waals surface area contributed by atoms with Crippen molar-refractivity contribution in [3.05, 3.63) is 47.9 Å². The fraction of sp³-hybridized carbons (Fsp3) is 0.474. The van der Waals surface area contributed by atoms with Gasteiger partial charge in [0.15, 0.2) is 5.76 Å². The van der Waals surface area contributed by atoms with Crippen LogP contribution in [0.1, 0.15) is 39.4 Å². The first-order valence-electron chi connectivity index (χ1n) is 9.08. The Hall–Kier alpha value is -2.74. The zero-order valence-electron chi connectivity index (χ0n) is 15.2. The molecule has 0 radical (unpaired) electrons. The molecule has 2 aliphatic heterocycles. The third kappa shape index (κ3) is 3.57. The highest BCUT2D eigenvalue weighted by Gasteiger charge is 2.49. The van der Waals surface area contributed by atoms with E-state index in [9.17, 15) is 9.59 Å². The predicted octanol–water partition coefficient (Wildman–Crippen LogP) is 1.43. The summed E-state index contributed by atoms with van der Waals surface area (Å²) < 4.78 is 11.4. The molecule has 0 aliphatic carbocycles. The minimum Gasteiger partial charge on any atom is -0.459 e. The van der Waals surface area contributed by atoms with Gasteiger partial charge < -0.3 is 19.4 Å². The Morgan fingerprint density at radius 2 is 2.22 bits per heavy atom. The highest BCUT2D eigenvalue weighted by Crippen LogP contribution is 2.36. The first kappa shape index (κ1) is 17.7. The number of aromatic nitrogens is 2. The highest BCUT2D eigenvalue weighted by atomic mass is 16.5. The number of nitrogens with zero attached hydrogens (tertiary/aromatic N) is 3. The molecular weight excluding hydrogens is 348 g/mol. The van der Waals surface area contributed by atoms with Crippen molar-refractivity contribution >= 4 is 11.8 Å². The molecule has 1 spiro atoms. The van der Waals surface area contributed by atoms with Gasteiger partial charge in [0.1, 0.15) is 11.3 Å². The number of furan rings is 1. The zero-order chi connectivity index (χ0) is 18.9. The van der Waals surface area contributed by atoms with E-state index < -0.39 is 0 Å². The Bertz CT molecular complexity index is 819. The molecule has 2 saturated heterocycles. The number of rotatable bonds is 4. The van der Waals surface area contributed by atoms with Gasteiger partial charge in [0.2, 0.25) is 0 Å². The maximum absolute atomic E-state index is 12.4. The SMILES string of the molecule is Cc1ccoc1C(=O)N1CC2(CC[C@@H](CNC(=O)c3cnccn3)CO2)C1. The summed E-state index contributed by atoms with van der Waals surface area (Å²) in [5.74, 6) is 0.362. The minimum atomic E-state index is -0.248. The molecule has 2 aliphatic rings. The van der Waals surface area contributed by atoms with E-state index in [1.807, 2.05) is 6.92 Å². The third-order valence-electron chi connectivity index (χ3n) is 5.28. The zero-order valence-corrected chi connectivity index (χ0v) is 15.2. The van der Waals surface area contributed by atoms with Gasteiger partial charge >= 0.3 is 0 Å². The van der Waals surface area contributed by atoms with Gasteiger partial charge in [-0.15, -0.1) is 0 Å². The van der Waals surface area contributed by atoms with Crippen molar-refractivity contribution in [3.8, 4) is 0 Å². The number of hydrogen-bond donors (Lipinski definition) is 1. The molecule has 4 rings (SSSR count). The molecule has 1 atom stereocenters. The molecule has 8 nitrogen and oxygen atoms in total. The van der Waals surface area contributed by atoms with Gasteiger partial charge in [-0.3, -0.25) is 14.6 Å². The second-order valence-electron chi connectivity index (χ2n) is 7.29. The lowest BCUT2D eigenvalue weighted by molar-refractivity contribution is -0.166. The molecule has 2 aromatic rings. The van der Waals surface area contributed by atoms with Gasteiger partial charge in [0.25, 0.3) is 11.8 Å². The monoisotopic (exact) mass is 370 g/mol. The van der Waals surface area contributed by atoms with E-state index in [4.69, 9.17) is 9.15 Å². The lowest BCUT2D eigenvalue weighted by atomic mass is 9.82. The molecule has 0 bridgehead atoms. The van der Waals surface area contributed by atoms with E-state index >= 15 is 0 Å². The van der Waals surface area contributed by atoms with E-state index in [-0.39, 0.29) is 23.3 Å². The Morgan fingerprint density at radius 3 is 2.85 bits per heavy atom. The summed E-state index contributed by atoms with van der Waals surface area (Å²) in [5, 5.41) is 2.89. The van der Waals surface area contributed by atoms with E-state index in [1.165, 1.54) is 24.9 Å². The van der Waals surface area contributed by atoms with Crippen molar-refractivity contribution in [1.29, 1.82) is 0 Å². The van der Waals surface area contributed by atoms with Crippen LogP contribution >= 0.6 is 0 Å². The lowest BCUT2D eigenvalue weighted by Gasteiger charge is -2.52. The molecule has 1 N–H and O–H groups in total. The van der Waals surface area contributed by atoms with E-state index in [0.29, 0.717) is 37.7 Å². The van der Waals surface area contributed by atoms with Gasteiger partial charge in [-0.05, 0) is 31.7 Å². The molecule has 2 fully saturated rings. The van der Waals surface area contributed by atoms with Gasteiger partial charge in [0, 0.05) is 24.5 Å². The minimum absolute atomic E-state index is 0.0786. The summed E-state index contributed by atoms with van der Waals surface area (Å²) in [6.07, 6.45) is 7.83. The average Bonchev–Trinajstić information content (AvgIpc) is 3.11. The maximum atomic E-state index is 12.4. The normalized spacial score (nSPS) is 20.9. The number of carbonyl (C=O) groups excluding carboxylic acids is 2. The van der Waals surface area contributed by atoms with Crippen molar-refractivity contribution in [3.63, 3.8) is 0 Å². The molecule has 2 aromatic heterocycles. The van der Waals surface area contributed by atoms with Crippen molar-refractivity contribution in [1.82, 2.24) is 20.2 Å². The summed E-state index contributed by atoms with van der Waals surface area (Å²) in [4.78, 5) is 34.1. The quantitative estimate of drug-likeness (QED) is 0.874. The van der Waals surface area contributed by atoms with Crippen LogP contribution in [-0.2, 0) is 4.74 Å². The Morgan fingerprint density at radius 1 is 1.37 bits per heavy atom. The second-order valence-corrected chi connectivity index (χ2v) is 7.29. The van der Waals surface area contributed by atoms with E-state index in [2.05, 4.69) is 15.3 Å². The third-order valence-corrected chi connectivity index (χ3v) is 5.28. The van der Waals surface area contributed by atoms with Crippen LogP contribution in [0.15, 0.2) is 35.3 Å². The first-order valence-corrected chi connectivity index (χ1v) is 9.08. The molecule has 0 saturated carbocycles. The molecule has 142 valence electrons. The van der Waals surface area contributed by atoms with Crippen LogP contribution < -0.4 is 5.32 Å². The molecular formula is C19H22N4O4. The predicted molar refractivity (Wildman–Crippen MR) is 95.1 cm³/mol. The van der Waals surface area contributed by atoms with Crippen LogP contribution in [0.25, 0.3) is 0 Å². The van der Waals surface area contributed by atoms with E-state index in [1.54, 1.807) is 11.0 Å². The van der Waals surface area contributed by atoms with Crippen LogP contribution in [-0.4, -0.2) is 58.5 Å². The van der Waals surface area contributed by atoms with E-state index in [0.717, 1.165) is 18.4 Å². The molecule has 4 heterocycles. The topological polar surface area (TPSA) is 97.6 Å². The summed E-state index contributed by atoms with van der Waals surface area (Å²) in [5.41, 5.74) is 0.915. The standard InChI is InChI=1S/C19H22N4O4/c1-13-3-7-26-16(13)18(25)23-11-19(12-23)4-2-14(10-27-19)8-22-17(24)15-9-20-5-6-21-15/h3,5-7,9,14H,2,4,8,10-12H2,1H3,(H,22,24)/t14-/m0/s1. The largest absolute Gasteiger partial charge is 0.459 e. The van der Waals surface area contributed by atoms with Crippen molar-refractivity contribution in [2.24, 2.45) is 5.92 Å². The van der Waals surface area contributed by atoms with Crippen LogP contribution in [0.5, 0.6) is 0 Å². The number of carbonyl (C=O) groups is 2. The Balaban J connectivity index is 1.23. The van der Waals surface area contributed by atoms with Gasteiger partial charge in [-0.25, -0.2) is 4.98 Å². The summed E-state index contributed by atoms with van der Waals surface area (Å²) in [6.45, 7) is 4.15. The number of amides is 2. The molecule has 2 amide bonds. The fourth-order valence-electron chi connectivity index (χ4n) is 3.60. The number of likely N-dealkylation sites (tertiary alicyclic amines) is 1. The summed E-state index contributed by atoms with van der Waals surface area (Å²) >= 11 is 0. The van der Waals surface area contributed by atoms with Gasteiger partial charge in [-0.1, -0.05) is 0 Å². The van der Waals surface area contributed by atoms with Crippen LogP contribution in [0.2, 0.25) is 0 Å². The molecule has 0 aromatic carbocycles. The van der Waals surface area contributed by atoms with Crippen molar-refractivity contribution in [2.45, 2.75) is 25.4 Å². The Kier molecular flexibility index (Phi) is 4.65. The van der Waals surface area contributed by atoms with Gasteiger partial charge in [0.05, 0.1) is 32.2 Å². The summed E-state index contributed by atoms with van der Waals surface area (Å²) in [6, 6.07) is 1.79. The number of ether oxygens (including phenoxy) is 1. The maximum Gasteiger partial charge on any atom is 0.290 e. The van der Waals surface area contributed by atoms with Crippen LogP contribution in [0.4, 0.5) is 0 Å². The number of hydrogen-bond acceptors (Lipinski definition) is 6. The smallest absolute Gasteiger partial charge is 0.290 e. The van der Waals surface area contributed by atoms with Gasteiger partial charge in [-0.2, -0.15) is 0 Å². The van der Waals surface area contributed by atoms with Crippen LogP contribution in [0.3, 0.4) is 0 Å². The number of nitrogens with one attached hydrogen (secondary N) is 1. The molecule has 27 heavy (non-hydrogen) atoms. The lowest BCUT2D eigenvalue weighted by Crippen LogP contribution is -2.66. The summed E-state index contributed by atoms with van der Waals surface area (Å²) in [7, 11) is 0. The highest BCUT2D eigenvalue weighted by molar-refractivity contribution is 5.93. The average molecular weight is 370 g/mol. The fourth-order valence-corrected chi connectivity index (χ4v) is 3.60. The Labute approximate surface area is 156 Å². The molecule has 0 unspecified atom stereocenters.